The van der Waals surface area contributed by atoms with Crippen molar-refractivity contribution in [3.63, 3.8) is 0 Å². The molecule has 1 aromatic heterocycles. The van der Waals surface area contributed by atoms with Crippen LogP contribution in [0.2, 0.25) is 5.02 Å². The first kappa shape index (κ1) is 16.1. The number of amides is 2. The number of pyridine rings is 1. The Morgan fingerprint density at radius 1 is 1.17 bits per heavy atom. The highest BCUT2D eigenvalue weighted by molar-refractivity contribution is 6.32. The second kappa shape index (κ2) is 7.20. The topological polar surface area (TPSA) is 72.3 Å². The zero-order valence-electron chi connectivity index (χ0n) is 12.9. The predicted octanol–water partition coefficient (Wildman–Crippen LogP) is 2.96. The van der Waals surface area contributed by atoms with Crippen molar-refractivity contribution in [3.8, 4) is 6.07 Å². The van der Waals surface area contributed by atoms with Gasteiger partial charge in [-0.2, -0.15) is 5.26 Å². The molecule has 0 radical (unpaired) electrons. The summed E-state index contributed by atoms with van der Waals surface area (Å²) in [5.41, 5.74) is 1.24. The number of nitrogens with one attached hydrogen (secondary N) is 1. The van der Waals surface area contributed by atoms with Crippen LogP contribution >= 0.6 is 11.6 Å². The lowest BCUT2D eigenvalue weighted by Crippen LogP contribution is -2.50. The molecule has 2 amide bonds. The van der Waals surface area contributed by atoms with Gasteiger partial charge in [-0.15, -0.1) is 0 Å². The van der Waals surface area contributed by atoms with Gasteiger partial charge in [-0.05, 0) is 36.4 Å². The van der Waals surface area contributed by atoms with E-state index in [-0.39, 0.29) is 6.03 Å². The van der Waals surface area contributed by atoms with E-state index >= 15 is 0 Å². The summed E-state index contributed by atoms with van der Waals surface area (Å²) in [5.74, 6) is 0.756. The van der Waals surface area contributed by atoms with Crippen molar-refractivity contribution in [3.05, 3.63) is 53.2 Å². The number of rotatable bonds is 2. The van der Waals surface area contributed by atoms with Gasteiger partial charge in [0.2, 0.25) is 0 Å². The molecule has 24 heavy (non-hydrogen) atoms. The van der Waals surface area contributed by atoms with Crippen LogP contribution in [0.15, 0.2) is 42.6 Å². The van der Waals surface area contributed by atoms with Gasteiger partial charge in [-0.25, -0.2) is 9.78 Å². The molecule has 1 aromatic carbocycles. The van der Waals surface area contributed by atoms with Gasteiger partial charge in [0.25, 0.3) is 0 Å². The SMILES string of the molecule is N#Cc1ccc(NC(=O)N2CCN(c3ncccc3Cl)CC2)cc1. The van der Waals surface area contributed by atoms with E-state index in [2.05, 4.69) is 21.3 Å². The molecule has 1 aliphatic rings. The van der Waals surface area contributed by atoms with E-state index < -0.39 is 0 Å². The molecule has 0 unspecified atom stereocenters. The van der Waals surface area contributed by atoms with Crippen LogP contribution in [0.5, 0.6) is 0 Å². The Labute approximate surface area is 145 Å². The Morgan fingerprint density at radius 2 is 1.88 bits per heavy atom. The van der Waals surface area contributed by atoms with Gasteiger partial charge in [0.05, 0.1) is 16.7 Å². The third kappa shape index (κ3) is 3.58. The van der Waals surface area contributed by atoms with Crippen molar-refractivity contribution >= 4 is 29.1 Å². The van der Waals surface area contributed by atoms with Crippen LogP contribution in [0, 0.1) is 11.3 Å². The Bertz CT molecular complexity index is 763. The molecule has 7 heteroatoms. The van der Waals surface area contributed by atoms with Crippen molar-refractivity contribution < 1.29 is 4.79 Å². The summed E-state index contributed by atoms with van der Waals surface area (Å²) in [7, 11) is 0. The molecule has 0 saturated carbocycles. The van der Waals surface area contributed by atoms with Gasteiger partial charge < -0.3 is 15.1 Å². The first-order valence-electron chi connectivity index (χ1n) is 7.59. The van der Waals surface area contributed by atoms with E-state index in [0.29, 0.717) is 42.5 Å². The summed E-state index contributed by atoms with van der Waals surface area (Å²) in [4.78, 5) is 20.5. The van der Waals surface area contributed by atoms with Gasteiger partial charge in [-0.3, -0.25) is 0 Å². The zero-order valence-corrected chi connectivity index (χ0v) is 13.7. The number of carbonyl (C=O) groups excluding carboxylic acids is 1. The number of aromatic nitrogens is 1. The molecular weight excluding hydrogens is 326 g/mol. The summed E-state index contributed by atoms with van der Waals surface area (Å²) in [6.45, 7) is 2.54. The molecular formula is C17H16ClN5O. The number of benzene rings is 1. The van der Waals surface area contributed by atoms with Crippen molar-refractivity contribution in [2.45, 2.75) is 0 Å². The van der Waals surface area contributed by atoms with Crippen LogP contribution in [0.25, 0.3) is 0 Å². The number of hydrogen-bond donors (Lipinski definition) is 1. The van der Waals surface area contributed by atoms with Crippen molar-refractivity contribution in [1.29, 1.82) is 5.26 Å². The maximum Gasteiger partial charge on any atom is 0.321 e. The Kier molecular flexibility index (Phi) is 4.82. The molecule has 0 spiro atoms. The van der Waals surface area contributed by atoms with Crippen LogP contribution in [0.3, 0.4) is 0 Å². The molecule has 1 aliphatic heterocycles. The van der Waals surface area contributed by atoms with Crippen molar-refractivity contribution in [2.75, 3.05) is 36.4 Å². The molecule has 2 aromatic rings. The van der Waals surface area contributed by atoms with E-state index in [0.717, 1.165) is 5.82 Å². The fourth-order valence-corrected chi connectivity index (χ4v) is 2.80. The van der Waals surface area contributed by atoms with E-state index in [1.54, 1.807) is 41.4 Å². The molecule has 0 aliphatic carbocycles. The quantitative estimate of drug-likeness (QED) is 0.911. The number of anilines is 2. The lowest BCUT2D eigenvalue weighted by molar-refractivity contribution is 0.208. The average molecular weight is 342 g/mol. The molecule has 0 bridgehead atoms. The third-order valence-electron chi connectivity index (χ3n) is 3.87. The number of nitrogens with zero attached hydrogens (tertiary/aromatic N) is 4. The Morgan fingerprint density at radius 3 is 2.50 bits per heavy atom. The number of nitriles is 1. The molecule has 0 atom stereocenters. The summed E-state index contributed by atoms with van der Waals surface area (Å²) >= 11 is 6.17. The minimum Gasteiger partial charge on any atom is -0.352 e. The highest BCUT2D eigenvalue weighted by Gasteiger charge is 2.23. The number of urea groups is 1. The van der Waals surface area contributed by atoms with Gasteiger partial charge >= 0.3 is 6.03 Å². The first-order valence-corrected chi connectivity index (χ1v) is 7.97. The third-order valence-corrected chi connectivity index (χ3v) is 4.17. The fourth-order valence-electron chi connectivity index (χ4n) is 2.56. The van der Waals surface area contributed by atoms with E-state index in [1.807, 2.05) is 6.07 Å². The summed E-state index contributed by atoms with van der Waals surface area (Å²) in [6.07, 6.45) is 1.71. The average Bonchev–Trinajstić information content (AvgIpc) is 2.63. The number of carbonyl (C=O) groups is 1. The molecule has 1 saturated heterocycles. The normalized spacial score (nSPS) is 14.2. The minimum atomic E-state index is -0.147. The highest BCUT2D eigenvalue weighted by atomic mass is 35.5. The van der Waals surface area contributed by atoms with E-state index in [1.165, 1.54) is 0 Å². The molecule has 2 heterocycles. The van der Waals surface area contributed by atoms with Crippen LogP contribution < -0.4 is 10.2 Å². The lowest BCUT2D eigenvalue weighted by atomic mass is 10.2. The monoisotopic (exact) mass is 341 g/mol. The first-order chi connectivity index (χ1) is 11.7. The van der Waals surface area contributed by atoms with Crippen LogP contribution in [-0.4, -0.2) is 42.1 Å². The maximum absolute atomic E-state index is 12.3. The predicted molar refractivity (Wildman–Crippen MR) is 93.2 cm³/mol. The van der Waals surface area contributed by atoms with Crippen molar-refractivity contribution in [1.82, 2.24) is 9.88 Å². The van der Waals surface area contributed by atoms with Crippen LogP contribution in [0.4, 0.5) is 16.3 Å². The largest absolute Gasteiger partial charge is 0.352 e. The number of piperazine rings is 1. The highest BCUT2D eigenvalue weighted by Crippen LogP contribution is 2.23. The van der Waals surface area contributed by atoms with E-state index in [9.17, 15) is 4.79 Å². The summed E-state index contributed by atoms with van der Waals surface area (Å²) < 4.78 is 0. The van der Waals surface area contributed by atoms with Gasteiger partial charge in [0.1, 0.15) is 5.82 Å². The van der Waals surface area contributed by atoms with Gasteiger partial charge in [0.15, 0.2) is 0 Å². The minimum absolute atomic E-state index is 0.147. The second-order valence-corrected chi connectivity index (χ2v) is 5.81. The lowest BCUT2D eigenvalue weighted by Gasteiger charge is -2.35. The standard InChI is InChI=1S/C17H16ClN5O/c18-15-2-1-7-20-16(15)22-8-10-23(11-9-22)17(24)21-14-5-3-13(12-19)4-6-14/h1-7H,8-11H2,(H,21,24). The maximum atomic E-state index is 12.3. The molecule has 1 fully saturated rings. The summed E-state index contributed by atoms with van der Waals surface area (Å²) in [6, 6.07) is 12.3. The second-order valence-electron chi connectivity index (χ2n) is 5.40. The van der Waals surface area contributed by atoms with Gasteiger partial charge in [-0.1, -0.05) is 11.6 Å². The molecule has 3 rings (SSSR count). The fraction of sp³-hybridized carbons (Fsp3) is 0.235. The van der Waals surface area contributed by atoms with Crippen LogP contribution in [-0.2, 0) is 0 Å². The van der Waals surface area contributed by atoms with Crippen molar-refractivity contribution in [2.24, 2.45) is 0 Å². The zero-order chi connectivity index (χ0) is 16.9. The van der Waals surface area contributed by atoms with Crippen LogP contribution in [0.1, 0.15) is 5.56 Å². The smallest absolute Gasteiger partial charge is 0.321 e. The molecule has 122 valence electrons. The number of halogens is 1. The molecule has 6 nitrogen and oxygen atoms in total. The number of hydrogen-bond acceptors (Lipinski definition) is 4. The van der Waals surface area contributed by atoms with Gasteiger partial charge in [0, 0.05) is 38.1 Å². The summed E-state index contributed by atoms with van der Waals surface area (Å²) in [5, 5.41) is 12.3. The van der Waals surface area contributed by atoms with E-state index in [4.69, 9.17) is 16.9 Å². The molecule has 1 N–H and O–H groups in total. The Balaban J connectivity index is 1.57. The Hall–Kier alpha value is -2.78.